The summed E-state index contributed by atoms with van der Waals surface area (Å²) in [5, 5.41) is 11.3. The molecule has 0 fully saturated rings. The van der Waals surface area contributed by atoms with E-state index in [1.54, 1.807) is 0 Å². The second kappa shape index (κ2) is 6.33. The summed E-state index contributed by atoms with van der Waals surface area (Å²) < 4.78 is 5.61. The maximum atomic E-state index is 5.61. The minimum Gasteiger partial charge on any atom is -0.407 e. The van der Waals surface area contributed by atoms with Crippen LogP contribution >= 0.6 is 0 Å². The highest BCUT2D eigenvalue weighted by Crippen LogP contribution is 2.13. The van der Waals surface area contributed by atoms with Gasteiger partial charge in [0.2, 0.25) is 5.89 Å². The number of rotatable bonds is 6. The SMILES string of the molecule is CC(C)NCc1nnc(N(C)Cc2ccccc2)o1. The van der Waals surface area contributed by atoms with E-state index >= 15 is 0 Å². The van der Waals surface area contributed by atoms with E-state index in [1.807, 2.05) is 30.1 Å². The second-order valence-corrected chi connectivity index (χ2v) is 4.86. The van der Waals surface area contributed by atoms with Crippen LogP contribution in [0.15, 0.2) is 34.7 Å². The topological polar surface area (TPSA) is 54.2 Å². The molecule has 0 bridgehead atoms. The number of hydrogen-bond acceptors (Lipinski definition) is 5. The minimum absolute atomic E-state index is 0.400. The molecular formula is C14H20N4O. The zero-order valence-corrected chi connectivity index (χ0v) is 11.6. The molecule has 5 nitrogen and oxygen atoms in total. The lowest BCUT2D eigenvalue weighted by molar-refractivity contribution is 0.449. The van der Waals surface area contributed by atoms with E-state index in [4.69, 9.17) is 4.42 Å². The Morgan fingerprint density at radius 1 is 1.21 bits per heavy atom. The number of nitrogens with zero attached hydrogens (tertiary/aromatic N) is 3. The Balaban J connectivity index is 1.94. The van der Waals surface area contributed by atoms with Gasteiger partial charge >= 0.3 is 6.01 Å². The van der Waals surface area contributed by atoms with Crippen molar-refractivity contribution in [2.45, 2.75) is 33.0 Å². The van der Waals surface area contributed by atoms with Crippen molar-refractivity contribution >= 4 is 6.01 Å². The maximum Gasteiger partial charge on any atom is 0.318 e. The van der Waals surface area contributed by atoms with Crippen LogP contribution in [-0.4, -0.2) is 23.3 Å². The second-order valence-electron chi connectivity index (χ2n) is 4.86. The molecule has 1 aromatic heterocycles. The molecule has 0 aliphatic rings. The summed E-state index contributed by atoms with van der Waals surface area (Å²) in [5.74, 6) is 0.614. The highest BCUT2D eigenvalue weighted by atomic mass is 16.4. The van der Waals surface area contributed by atoms with Gasteiger partial charge in [0, 0.05) is 19.6 Å². The summed E-state index contributed by atoms with van der Waals surface area (Å²) >= 11 is 0. The third-order valence-electron chi connectivity index (χ3n) is 2.71. The Bertz CT molecular complexity index is 495. The van der Waals surface area contributed by atoms with Crippen LogP contribution in [0, 0.1) is 0 Å². The van der Waals surface area contributed by atoms with Gasteiger partial charge in [-0.2, -0.15) is 0 Å². The minimum atomic E-state index is 0.400. The van der Waals surface area contributed by atoms with E-state index < -0.39 is 0 Å². The van der Waals surface area contributed by atoms with Crippen LogP contribution < -0.4 is 10.2 Å². The zero-order chi connectivity index (χ0) is 13.7. The average molecular weight is 260 g/mol. The van der Waals surface area contributed by atoms with Crippen LogP contribution in [0.2, 0.25) is 0 Å². The van der Waals surface area contributed by atoms with Crippen LogP contribution in [0.1, 0.15) is 25.3 Å². The van der Waals surface area contributed by atoms with Gasteiger partial charge in [0.1, 0.15) is 0 Å². The first-order valence-electron chi connectivity index (χ1n) is 6.46. The summed E-state index contributed by atoms with van der Waals surface area (Å²) in [4.78, 5) is 1.95. The number of benzene rings is 1. The highest BCUT2D eigenvalue weighted by Gasteiger charge is 2.11. The number of aromatic nitrogens is 2. The molecule has 2 rings (SSSR count). The van der Waals surface area contributed by atoms with Crippen molar-refractivity contribution in [2.24, 2.45) is 0 Å². The van der Waals surface area contributed by atoms with Gasteiger partial charge in [-0.05, 0) is 5.56 Å². The fourth-order valence-electron chi connectivity index (χ4n) is 1.69. The molecule has 0 unspecified atom stereocenters. The first kappa shape index (κ1) is 13.5. The lowest BCUT2D eigenvalue weighted by Gasteiger charge is -2.13. The van der Waals surface area contributed by atoms with Crippen molar-refractivity contribution in [2.75, 3.05) is 11.9 Å². The fourth-order valence-corrected chi connectivity index (χ4v) is 1.69. The van der Waals surface area contributed by atoms with Gasteiger partial charge in [-0.15, -0.1) is 5.10 Å². The fraction of sp³-hybridized carbons (Fsp3) is 0.429. The maximum absolute atomic E-state index is 5.61. The molecular weight excluding hydrogens is 240 g/mol. The molecule has 0 aliphatic carbocycles. The standard InChI is InChI=1S/C14H20N4O/c1-11(2)15-9-13-16-17-14(19-13)18(3)10-12-7-5-4-6-8-12/h4-8,11,15H,9-10H2,1-3H3. The van der Waals surface area contributed by atoms with E-state index in [0.717, 1.165) is 6.54 Å². The summed E-state index contributed by atoms with van der Waals surface area (Å²) in [6.07, 6.45) is 0. The Labute approximate surface area is 113 Å². The van der Waals surface area contributed by atoms with Crippen molar-refractivity contribution in [1.82, 2.24) is 15.5 Å². The molecule has 19 heavy (non-hydrogen) atoms. The van der Waals surface area contributed by atoms with Crippen molar-refractivity contribution in [3.63, 3.8) is 0 Å². The third kappa shape index (κ3) is 4.06. The molecule has 0 saturated carbocycles. The molecule has 0 saturated heterocycles. The van der Waals surface area contributed by atoms with E-state index in [-0.39, 0.29) is 0 Å². The summed E-state index contributed by atoms with van der Waals surface area (Å²) in [6.45, 7) is 5.52. The predicted octanol–water partition coefficient (Wildman–Crippen LogP) is 2.20. The van der Waals surface area contributed by atoms with Crippen molar-refractivity contribution in [1.29, 1.82) is 0 Å². The van der Waals surface area contributed by atoms with E-state index in [2.05, 4.69) is 41.5 Å². The molecule has 1 heterocycles. The van der Waals surface area contributed by atoms with Crippen molar-refractivity contribution < 1.29 is 4.42 Å². The van der Waals surface area contributed by atoms with Gasteiger partial charge < -0.3 is 14.6 Å². The smallest absolute Gasteiger partial charge is 0.318 e. The largest absolute Gasteiger partial charge is 0.407 e. The van der Waals surface area contributed by atoms with Crippen LogP contribution in [-0.2, 0) is 13.1 Å². The molecule has 0 atom stereocenters. The summed E-state index contributed by atoms with van der Waals surface area (Å²) in [7, 11) is 1.94. The first-order chi connectivity index (χ1) is 9.15. The predicted molar refractivity (Wildman–Crippen MR) is 74.8 cm³/mol. The lowest BCUT2D eigenvalue weighted by Crippen LogP contribution is -2.22. The van der Waals surface area contributed by atoms with Crippen LogP contribution in [0.4, 0.5) is 6.01 Å². The van der Waals surface area contributed by atoms with Gasteiger partial charge in [-0.1, -0.05) is 49.3 Å². The Hall–Kier alpha value is -1.88. The molecule has 0 spiro atoms. The monoisotopic (exact) mass is 260 g/mol. The lowest BCUT2D eigenvalue weighted by atomic mass is 10.2. The molecule has 102 valence electrons. The Morgan fingerprint density at radius 3 is 2.63 bits per heavy atom. The normalized spacial score (nSPS) is 10.9. The van der Waals surface area contributed by atoms with E-state index in [0.29, 0.717) is 24.5 Å². The third-order valence-corrected chi connectivity index (χ3v) is 2.71. The van der Waals surface area contributed by atoms with E-state index in [1.165, 1.54) is 5.56 Å². The molecule has 0 aliphatic heterocycles. The van der Waals surface area contributed by atoms with Gasteiger partial charge in [0.05, 0.1) is 6.54 Å². The highest BCUT2D eigenvalue weighted by molar-refractivity contribution is 5.26. The number of hydrogen-bond donors (Lipinski definition) is 1. The molecule has 2 aromatic rings. The Morgan fingerprint density at radius 2 is 1.95 bits per heavy atom. The van der Waals surface area contributed by atoms with Gasteiger partial charge in [0.15, 0.2) is 0 Å². The van der Waals surface area contributed by atoms with E-state index in [9.17, 15) is 0 Å². The quantitative estimate of drug-likeness (QED) is 0.863. The van der Waals surface area contributed by atoms with Crippen LogP contribution in [0.5, 0.6) is 0 Å². The first-order valence-corrected chi connectivity index (χ1v) is 6.46. The van der Waals surface area contributed by atoms with Crippen molar-refractivity contribution in [3.8, 4) is 0 Å². The van der Waals surface area contributed by atoms with Crippen LogP contribution in [0.3, 0.4) is 0 Å². The van der Waals surface area contributed by atoms with Crippen molar-refractivity contribution in [3.05, 3.63) is 41.8 Å². The Kier molecular flexibility index (Phi) is 4.52. The van der Waals surface area contributed by atoms with Crippen LogP contribution in [0.25, 0.3) is 0 Å². The molecule has 5 heteroatoms. The summed E-state index contributed by atoms with van der Waals surface area (Å²) in [6, 6.07) is 11.2. The zero-order valence-electron chi connectivity index (χ0n) is 11.6. The number of nitrogens with one attached hydrogen (secondary N) is 1. The van der Waals surface area contributed by atoms with Gasteiger partial charge in [-0.25, -0.2) is 0 Å². The summed E-state index contributed by atoms with van der Waals surface area (Å²) in [5.41, 5.74) is 1.21. The molecule has 1 N–H and O–H groups in total. The molecule has 0 amide bonds. The average Bonchev–Trinajstić information content (AvgIpc) is 2.86. The molecule has 1 aromatic carbocycles. The molecule has 0 radical (unpaired) electrons. The van der Waals surface area contributed by atoms with Gasteiger partial charge in [0.25, 0.3) is 0 Å². The van der Waals surface area contributed by atoms with Gasteiger partial charge in [-0.3, -0.25) is 0 Å². The number of anilines is 1.